The maximum atomic E-state index is 13.9. The fourth-order valence-electron chi connectivity index (χ4n) is 6.07. The van der Waals surface area contributed by atoms with Gasteiger partial charge < -0.3 is 63.8 Å². The molecule has 21 nitrogen and oxygen atoms in total. The number of nitrogens with one attached hydrogen (secondary N) is 6. The van der Waals surface area contributed by atoms with Crippen molar-refractivity contribution in [2.75, 3.05) is 11.5 Å². The van der Waals surface area contributed by atoms with Crippen LogP contribution in [0.5, 0.6) is 11.5 Å². The van der Waals surface area contributed by atoms with E-state index in [0.717, 1.165) is 0 Å². The third-order valence-corrected chi connectivity index (χ3v) is 10.3. The zero-order chi connectivity index (χ0) is 48.2. The van der Waals surface area contributed by atoms with Gasteiger partial charge in [-0.3, -0.25) is 38.4 Å². The van der Waals surface area contributed by atoms with Gasteiger partial charge in [-0.1, -0.05) is 54.6 Å². The van der Waals surface area contributed by atoms with Crippen molar-refractivity contribution in [1.82, 2.24) is 31.9 Å². The number of carbonyl (C=O) groups excluding carboxylic acids is 7. The number of hydrogen-bond donors (Lipinski definition) is 14. The third kappa shape index (κ3) is 18.0. The van der Waals surface area contributed by atoms with Crippen LogP contribution in [0, 0.1) is 0 Å². The van der Waals surface area contributed by atoms with Crippen LogP contribution in [0.4, 0.5) is 0 Å². The molecule has 350 valence electrons. The Labute approximate surface area is 383 Å². The monoisotopic (exact) mass is 940 g/mol. The first kappa shape index (κ1) is 52.5. The largest absolute Gasteiger partial charge is 0.508 e. The number of nitrogens with two attached hydrogens (primary N) is 2. The van der Waals surface area contributed by atoms with Gasteiger partial charge in [-0.05, 0) is 53.8 Å². The molecule has 65 heavy (non-hydrogen) atoms. The van der Waals surface area contributed by atoms with E-state index in [1.54, 1.807) is 42.5 Å². The Bertz CT molecular complexity index is 2150. The van der Waals surface area contributed by atoms with Crippen LogP contribution in [0.3, 0.4) is 0 Å². The number of benzene rings is 3. The van der Waals surface area contributed by atoms with Gasteiger partial charge in [-0.25, -0.2) is 4.79 Å². The lowest BCUT2D eigenvalue weighted by molar-refractivity contribution is -0.142. The summed E-state index contributed by atoms with van der Waals surface area (Å²) in [6.45, 7) is 0. The molecule has 0 aliphatic rings. The van der Waals surface area contributed by atoms with Gasteiger partial charge in [-0.2, -0.15) is 25.3 Å². The second kappa shape index (κ2) is 26.1. The van der Waals surface area contributed by atoms with Gasteiger partial charge in [0, 0.05) is 30.8 Å². The number of thiol groups is 2. The number of carboxylic acids is 2. The number of aliphatic carboxylic acids is 2. The van der Waals surface area contributed by atoms with Crippen LogP contribution < -0.4 is 43.4 Å². The SMILES string of the molecule is NC(=O)CC[C@H](NC(=O)[C@H](CC(=O)O)NC(=O)[C@H](CS)NC(=O)[C@@H](N)Cc1ccc(O)cc1)C(=O)N[C@@H](Cc1ccccc1)C(=O)N[C@@H](CS)C(=O)N[C@@H](Cc1ccc(O)cc1)C(=O)O. The zero-order valence-corrected chi connectivity index (χ0v) is 36.5. The highest BCUT2D eigenvalue weighted by Crippen LogP contribution is 2.13. The van der Waals surface area contributed by atoms with Crippen LogP contribution in [0.25, 0.3) is 0 Å². The molecule has 23 heteroatoms. The minimum absolute atomic E-state index is 0.00546. The Hall–Kier alpha value is -6.85. The summed E-state index contributed by atoms with van der Waals surface area (Å²) >= 11 is 8.26. The fourth-order valence-corrected chi connectivity index (χ4v) is 6.59. The average Bonchev–Trinajstić information content (AvgIpc) is 3.26. The lowest BCUT2D eigenvalue weighted by Crippen LogP contribution is -2.60. The van der Waals surface area contributed by atoms with Gasteiger partial charge >= 0.3 is 11.9 Å². The van der Waals surface area contributed by atoms with Crippen LogP contribution in [0.1, 0.15) is 36.0 Å². The van der Waals surface area contributed by atoms with Crippen molar-refractivity contribution in [2.45, 2.75) is 80.8 Å². The molecule has 0 saturated carbocycles. The minimum Gasteiger partial charge on any atom is -0.508 e. The van der Waals surface area contributed by atoms with Crippen molar-refractivity contribution in [3.8, 4) is 11.5 Å². The first-order chi connectivity index (χ1) is 30.8. The Kier molecular flexibility index (Phi) is 21.0. The molecule has 7 atom stereocenters. The molecule has 0 bridgehead atoms. The molecule has 14 N–H and O–H groups in total. The Morgan fingerprint density at radius 2 is 0.877 bits per heavy atom. The fraction of sp³-hybridized carbons (Fsp3) is 0.357. The highest BCUT2D eigenvalue weighted by molar-refractivity contribution is 7.80. The summed E-state index contributed by atoms with van der Waals surface area (Å²) in [6.07, 6.45) is -2.32. The average molecular weight is 941 g/mol. The molecule has 0 aliphatic carbocycles. The standard InChI is InChI=1S/C42H52N8O13S2/c43-27(16-23-6-10-25(51)11-7-23)36(56)49-32(20-64)40(60)47-30(19-35(54)55)39(59)45-28(14-15-34(44)53)37(57)46-29(17-22-4-2-1-3-5-22)38(58)50-33(21-65)41(61)48-31(42(62)63)18-24-8-12-26(52)13-9-24/h1-13,27-33,51-52,64-65H,14-21,43H2,(H2,44,53)(H,45,59)(H,46,57)(H,47,60)(H,48,61)(H,49,56)(H,50,58)(H,54,55)(H,62,63)/t27-,28-,29-,30-,31-,32-,33-/m0/s1. The number of phenolic OH excluding ortho intramolecular Hbond substituents is 2. The first-order valence-corrected chi connectivity index (χ1v) is 21.2. The zero-order valence-electron chi connectivity index (χ0n) is 34.7. The maximum Gasteiger partial charge on any atom is 0.326 e. The normalized spacial score (nSPS) is 14.1. The van der Waals surface area contributed by atoms with E-state index < -0.39 is 115 Å². The maximum absolute atomic E-state index is 13.9. The number of rotatable bonds is 26. The summed E-state index contributed by atoms with van der Waals surface area (Å²) in [6, 6.07) is 9.23. The Morgan fingerprint density at radius 3 is 1.37 bits per heavy atom. The van der Waals surface area contributed by atoms with E-state index in [4.69, 9.17) is 11.5 Å². The third-order valence-electron chi connectivity index (χ3n) is 9.59. The number of amides is 7. The van der Waals surface area contributed by atoms with Gasteiger partial charge in [0.15, 0.2) is 0 Å². The molecule has 0 fully saturated rings. The number of carboxylic acid groups (broad SMARTS) is 2. The van der Waals surface area contributed by atoms with E-state index in [-0.39, 0.29) is 42.3 Å². The minimum atomic E-state index is -1.87. The quantitative estimate of drug-likeness (QED) is 0.0389. The molecule has 0 radical (unpaired) electrons. The number of hydrogen-bond acceptors (Lipinski definition) is 14. The summed E-state index contributed by atoms with van der Waals surface area (Å²) in [5.41, 5.74) is 12.9. The topological polar surface area (TPSA) is 359 Å². The molecule has 0 heterocycles. The number of primary amides is 1. The van der Waals surface area contributed by atoms with Crippen LogP contribution in [0.2, 0.25) is 0 Å². The Morgan fingerprint density at radius 1 is 0.492 bits per heavy atom. The highest BCUT2D eigenvalue weighted by atomic mass is 32.1. The van der Waals surface area contributed by atoms with Crippen molar-refractivity contribution in [3.05, 3.63) is 95.6 Å². The summed E-state index contributed by atoms with van der Waals surface area (Å²) in [5, 5.41) is 52.7. The highest BCUT2D eigenvalue weighted by Gasteiger charge is 2.34. The van der Waals surface area contributed by atoms with Gasteiger partial charge in [0.25, 0.3) is 0 Å². The number of carbonyl (C=O) groups is 9. The van der Waals surface area contributed by atoms with E-state index in [1.165, 1.54) is 36.4 Å². The first-order valence-electron chi connectivity index (χ1n) is 19.9. The van der Waals surface area contributed by atoms with Gasteiger partial charge in [0.05, 0.1) is 12.5 Å². The van der Waals surface area contributed by atoms with E-state index in [2.05, 4.69) is 57.2 Å². The summed E-state index contributed by atoms with van der Waals surface area (Å²) in [7, 11) is 0. The lowest BCUT2D eigenvalue weighted by atomic mass is 10.0. The molecule has 0 saturated heterocycles. The van der Waals surface area contributed by atoms with Crippen molar-refractivity contribution >= 4 is 78.5 Å². The molecule has 0 aromatic heterocycles. The molecule has 0 aliphatic heterocycles. The van der Waals surface area contributed by atoms with Crippen molar-refractivity contribution in [1.29, 1.82) is 0 Å². The second-order valence-electron chi connectivity index (χ2n) is 14.7. The van der Waals surface area contributed by atoms with Gasteiger partial charge in [0.1, 0.15) is 47.8 Å². The molecule has 7 amide bonds. The van der Waals surface area contributed by atoms with E-state index in [9.17, 15) is 63.6 Å². The van der Waals surface area contributed by atoms with E-state index in [0.29, 0.717) is 16.7 Å². The van der Waals surface area contributed by atoms with Crippen molar-refractivity contribution < 1.29 is 63.6 Å². The van der Waals surface area contributed by atoms with Crippen LogP contribution in [-0.4, -0.2) is 128 Å². The number of phenols is 2. The lowest BCUT2D eigenvalue weighted by Gasteiger charge is -2.27. The molecular formula is C42H52N8O13S2. The van der Waals surface area contributed by atoms with Crippen molar-refractivity contribution in [2.24, 2.45) is 11.5 Å². The molecule has 3 aromatic carbocycles. The smallest absolute Gasteiger partial charge is 0.326 e. The van der Waals surface area contributed by atoms with Crippen LogP contribution in [-0.2, 0) is 62.4 Å². The van der Waals surface area contributed by atoms with E-state index >= 15 is 0 Å². The molecule has 3 aromatic rings. The molecule has 0 spiro atoms. The predicted octanol–water partition coefficient (Wildman–Crippen LogP) is -1.95. The summed E-state index contributed by atoms with van der Waals surface area (Å²) in [4.78, 5) is 117. The van der Waals surface area contributed by atoms with Crippen LogP contribution >= 0.6 is 25.3 Å². The molecule has 0 unspecified atom stereocenters. The van der Waals surface area contributed by atoms with Gasteiger partial charge in [-0.15, -0.1) is 0 Å². The van der Waals surface area contributed by atoms with Crippen molar-refractivity contribution in [3.63, 3.8) is 0 Å². The Balaban J connectivity index is 1.80. The number of aromatic hydroxyl groups is 2. The van der Waals surface area contributed by atoms with Gasteiger partial charge in [0.2, 0.25) is 41.4 Å². The van der Waals surface area contributed by atoms with E-state index in [1.807, 2.05) is 0 Å². The summed E-state index contributed by atoms with van der Waals surface area (Å²) in [5.74, 6) is -10.5. The molecule has 3 rings (SSSR count). The second-order valence-corrected chi connectivity index (χ2v) is 15.4. The van der Waals surface area contributed by atoms with Crippen LogP contribution in [0.15, 0.2) is 78.9 Å². The molecular weight excluding hydrogens is 889 g/mol. The predicted molar refractivity (Wildman–Crippen MR) is 239 cm³/mol. The summed E-state index contributed by atoms with van der Waals surface area (Å²) < 4.78 is 0.